The molecule has 1 N–H and O–H groups in total. The van der Waals surface area contributed by atoms with Gasteiger partial charge in [0.25, 0.3) is 0 Å². The lowest BCUT2D eigenvalue weighted by atomic mass is 9.90. The number of carbonyl (C=O) groups excluding carboxylic acids is 2. The van der Waals surface area contributed by atoms with Crippen LogP contribution in [-0.2, 0) is 33.7 Å². The van der Waals surface area contributed by atoms with Crippen LogP contribution in [0.5, 0.6) is 0 Å². The first-order chi connectivity index (χ1) is 14.0. The van der Waals surface area contributed by atoms with E-state index >= 15 is 0 Å². The van der Waals surface area contributed by atoms with Crippen molar-refractivity contribution in [3.05, 3.63) is 35.0 Å². The Hall–Kier alpha value is -2.54. The van der Waals surface area contributed by atoms with Gasteiger partial charge in [-0.15, -0.1) is 0 Å². The van der Waals surface area contributed by atoms with E-state index in [0.717, 1.165) is 24.0 Å². The number of ether oxygens (including phenoxy) is 2. The molecule has 0 aliphatic carbocycles. The van der Waals surface area contributed by atoms with Crippen LogP contribution < -0.4 is 0 Å². The lowest BCUT2D eigenvalue weighted by Gasteiger charge is -2.37. The third kappa shape index (κ3) is 5.14. The number of hydrogen-bond acceptors (Lipinski definition) is 5. The average molecular weight is 416 g/mol. The number of aromatic nitrogens is 1. The Kier molecular flexibility index (Phi) is 6.41. The van der Waals surface area contributed by atoms with Gasteiger partial charge in [0.2, 0.25) is 0 Å². The summed E-state index contributed by atoms with van der Waals surface area (Å²) < 4.78 is 10.9. The zero-order valence-electron chi connectivity index (χ0n) is 18.9. The number of carbonyl (C=O) groups is 2. The molecule has 1 aromatic heterocycles. The lowest BCUT2D eigenvalue weighted by Crippen LogP contribution is -2.48. The number of hydrogen-bond donors (Lipinski definition) is 1. The van der Waals surface area contributed by atoms with Crippen LogP contribution in [0.25, 0.3) is 10.9 Å². The highest BCUT2D eigenvalue weighted by Crippen LogP contribution is 2.33. The molecule has 30 heavy (non-hydrogen) atoms. The summed E-state index contributed by atoms with van der Waals surface area (Å²) in [5.74, 6) is -0.350. The summed E-state index contributed by atoms with van der Waals surface area (Å²) in [7, 11) is 4.13. The van der Waals surface area contributed by atoms with Crippen LogP contribution in [-0.4, -0.2) is 65.7 Å². The number of aromatic amines is 1. The molecule has 2 heterocycles. The van der Waals surface area contributed by atoms with Crippen molar-refractivity contribution < 1.29 is 19.1 Å². The van der Waals surface area contributed by atoms with Crippen molar-refractivity contribution in [3.8, 4) is 0 Å². The van der Waals surface area contributed by atoms with Crippen LogP contribution in [0, 0.1) is 0 Å². The Balaban J connectivity index is 1.97. The fraction of sp³-hybridized carbons (Fsp3) is 0.565. The minimum Gasteiger partial charge on any atom is -0.464 e. The SMILES string of the molecule is CC(=O)OCC1Cc2ccc3[nH]cc(CCN(C)C)c3c2CN1C(=O)OC(C)(C)C. The van der Waals surface area contributed by atoms with Gasteiger partial charge in [-0.05, 0) is 70.5 Å². The molecular weight excluding hydrogens is 382 g/mol. The number of rotatable bonds is 5. The van der Waals surface area contributed by atoms with Crippen LogP contribution in [0.1, 0.15) is 44.4 Å². The Morgan fingerprint density at radius 1 is 1.27 bits per heavy atom. The molecule has 2 aromatic rings. The van der Waals surface area contributed by atoms with Crippen molar-refractivity contribution >= 4 is 23.0 Å². The lowest BCUT2D eigenvalue weighted by molar-refractivity contribution is -0.143. The van der Waals surface area contributed by atoms with Crippen LogP contribution in [0.4, 0.5) is 4.79 Å². The highest BCUT2D eigenvalue weighted by molar-refractivity contribution is 5.88. The zero-order valence-corrected chi connectivity index (χ0v) is 18.9. The molecule has 7 nitrogen and oxygen atoms in total. The standard InChI is InChI=1S/C23H33N3O4/c1-15(27)29-14-18-11-16-7-8-20-21(17(12-24-20)9-10-25(5)6)19(16)13-26(18)22(28)30-23(2,3)4/h7-8,12,18,24H,9-11,13-14H2,1-6H3. The van der Waals surface area contributed by atoms with Gasteiger partial charge in [-0.3, -0.25) is 9.69 Å². The van der Waals surface area contributed by atoms with E-state index < -0.39 is 5.60 Å². The van der Waals surface area contributed by atoms with Crippen molar-refractivity contribution in [2.45, 2.75) is 58.7 Å². The first kappa shape index (κ1) is 22.2. The molecule has 7 heteroatoms. The van der Waals surface area contributed by atoms with E-state index in [0.29, 0.717) is 13.0 Å². The van der Waals surface area contributed by atoms with Crippen LogP contribution in [0.2, 0.25) is 0 Å². The Morgan fingerprint density at radius 2 is 2.00 bits per heavy atom. The second kappa shape index (κ2) is 8.68. The second-order valence-electron chi connectivity index (χ2n) is 9.26. The molecule has 0 spiro atoms. The summed E-state index contributed by atoms with van der Waals surface area (Å²) in [4.78, 5) is 31.6. The molecule has 1 amide bonds. The third-order valence-electron chi connectivity index (χ3n) is 5.29. The molecule has 1 atom stereocenters. The Bertz CT molecular complexity index is 926. The van der Waals surface area contributed by atoms with E-state index in [9.17, 15) is 9.59 Å². The van der Waals surface area contributed by atoms with Gasteiger partial charge in [0.05, 0.1) is 12.6 Å². The predicted molar refractivity (Wildman–Crippen MR) is 116 cm³/mol. The van der Waals surface area contributed by atoms with Crippen molar-refractivity contribution in [3.63, 3.8) is 0 Å². The molecule has 1 unspecified atom stereocenters. The zero-order chi connectivity index (χ0) is 22.1. The van der Waals surface area contributed by atoms with Gasteiger partial charge in [0.1, 0.15) is 12.2 Å². The number of esters is 1. The van der Waals surface area contributed by atoms with Gasteiger partial charge in [-0.2, -0.15) is 0 Å². The molecule has 0 saturated heterocycles. The van der Waals surface area contributed by atoms with Crippen molar-refractivity contribution in [2.24, 2.45) is 0 Å². The van der Waals surface area contributed by atoms with E-state index in [2.05, 4.69) is 42.3 Å². The summed E-state index contributed by atoms with van der Waals surface area (Å²) >= 11 is 0. The predicted octanol–water partition coefficient (Wildman–Crippen LogP) is 3.50. The van der Waals surface area contributed by atoms with Gasteiger partial charge in [-0.25, -0.2) is 4.79 Å². The molecule has 3 rings (SSSR count). The highest BCUT2D eigenvalue weighted by Gasteiger charge is 2.34. The number of nitrogens with one attached hydrogen (secondary N) is 1. The molecule has 1 aliphatic rings. The van der Waals surface area contributed by atoms with E-state index in [1.807, 2.05) is 20.8 Å². The fourth-order valence-electron chi connectivity index (χ4n) is 3.89. The smallest absolute Gasteiger partial charge is 0.410 e. The second-order valence-corrected chi connectivity index (χ2v) is 9.26. The Morgan fingerprint density at radius 3 is 2.63 bits per heavy atom. The quantitative estimate of drug-likeness (QED) is 0.757. The maximum absolute atomic E-state index is 13.0. The van der Waals surface area contributed by atoms with Crippen molar-refractivity contribution in [1.29, 1.82) is 0 Å². The summed E-state index contributed by atoms with van der Waals surface area (Å²) in [6.07, 6.45) is 3.23. The molecule has 1 aromatic carbocycles. The van der Waals surface area contributed by atoms with E-state index in [4.69, 9.17) is 9.47 Å². The van der Waals surface area contributed by atoms with E-state index in [-0.39, 0.29) is 24.7 Å². The summed E-state index contributed by atoms with van der Waals surface area (Å²) in [6.45, 7) is 8.48. The van der Waals surface area contributed by atoms with Gasteiger partial charge >= 0.3 is 12.1 Å². The van der Waals surface area contributed by atoms with Gasteiger partial charge in [0.15, 0.2) is 0 Å². The van der Waals surface area contributed by atoms with Crippen molar-refractivity contribution in [2.75, 3.05) is 27.2 Å². The third-order valence-corrected chi connectivity index (χ3v) is 5.29. The van der Waals surface area contributed by atoms with Crippen LogP contribution >= 0.6 is 0 Å². The maximum atomic E-state index is 13.0. The molecule has 0 bridgehead atoms. The highest BCUT2D eigenvalue weighted by atomic mass is 16.6. The van der Waals surface area contributed by atoms with Gasteiger partial charge < -0.3 is 19.4 Å². The van der Waals surface area contributed by atoms with E-state index in [1.165, 1.54) is 23.4 Å². The normalized spacial score (nSPS) is 16.6. The number of H-pyrrole nitrogens is 1. The molecular formula is C23H33N3O4. The first-order valence-electron chi connectivity index (χ1n) is 10.4. The number of benzene rings is 1. The molecule has 164 valence electrons. The molecule has 1 aliphatic heterocycles. The number of nitrogens with zero attached hydrogens (tertiary/aromatic N) is 2. The van der Waals surface area contributed by atoms with Crippen molar-refractivity contribution in [1.82, 2.24) is 14.8 Å². The van der Waals surface area contributed by atoms with E-state index in [1.54, 1.807) is 4.90 Å². The first-order valence-corrected chi connectivity index (χ1v) is 10.4. The van der Waals surface area contributed by atoms with Gasteiger partial charge in [0, 0.05) is 30.6 Å². The number of fused-ring (bicyclic) bond motifs is 3. The largest absolute Gasteiger partial charge is 0.464 e. The minimum absolute atomic E-state index is 0.159. The fourth-order valence-corrected chi connectivity index (χ4v) is 3.89. The van der Waals surface area contributed by atoms with Gasteiger partial charge in [-0.1, -0.05) is 6.07 Å². The summed E-state index contributed by atoms with van der Waals surface area (Å²) in [6, 6.07) is 3.95. The van der Waals surface area contributed by atoms with Crippen LogP contribution in [0.3, 0.4) is 0 Å². The summed E-state index contributed by atoms with van der Waals surface area (Å²) in [5, 5.41) is 1.19. The molecule has 0 fully saturated rings. The van der Waals surface area contributed by atoms with Crippen LogP contribution in [0.15, 0.2) is 18.3 Å². The number of amides is 1. The molecule has 0 saturated carbocycles. The maximum Gasteiger partial charge on any atom is 0.410 e. The minimum atomic E-state index is -0.597. The monoisotopic (exact) mass is 415 g/mol. The average Bonchev–Trinajstić information content (AvgIpc) is 3.06. The Labute approximate surface area is 178 Å². The number of likely N-dealkylation sites (N-methyl/N-ethyl adjacent to an activating group) is 1. The topological polar surface area (TPSA) is 74.9 Å². The summed E-state index contributed by atoms with van der Waals surface area (Å²) in [5.41, 5.74) is 4.06. The molecule has 0 radical (unpaired) electrons.